The molecular formula is C13H8F3N5O7S2. The lowest BCUT2D eigenvalue weighted by molar-refractivity contribution is -0.144. The van der Waals surface area contributed by atoms with Gasteiger partial charge in [-0.3, -0.25) is 14.2 Å². The Morgan fingerprint density at radius 2 is 1.63 bits per heavy atom. The molecule has 0 atom stereocenters. The topological polar surface area (TPSA) is 195 Å². The average Bonchev–Trinajstić information content (AvgIpc) is 3.08. The molecule has 0 fully saturated rings. The van der Waals surface area contributed by atoms with Gasteiger partial charge in [0.2, 0.25) is 5.82 Å². The van der Waals surface area contributed by atoms with Crippen LogP contribution >= 0.6 is 0 Å². The Balaban J connectivity index is 2.28. The Morgan fingerprint density at radius 1 is 1.00 bits per heavy atom. The molecule has 2 aromatic carbocycles. The van der Waals surface area contributed by atoms with E-state index in [2.05, 4.69) is 20.3 Å². The number of azo groups is 1. The minimum absolute atomic E-state index is 0.485. The number of phenolic OH excluding ortho intramolecular Hbond substituents is 1. The highest BCUT2D eigenvalue weighted by Gasteiger charge is 2.35. The molecule has 0 aliphatic rings. The van der Waals surface area contributed by atoms with Crippen molar-refractivity contribution in [3.63, 3.8) is 0 Å². The lowest BCUT2D eigenvalue weighted by atomic mass is 10.1. The van der Waals surface area contributed by atoms with E-state index in [0.717, 1.165) is 18.2 Å². The summed E-state index contributed by atoms with van der Waals surface area (Å²) in [4.78, 5) is 1.14. The van der Waals surface area contributed by atoms with E-state index < -0.39 is 70.2 Å². The lowest BCUT2D eigenvalue weighted by Crippen LogP contribution is -2.07. The highest BCUT2D eigenvalue weighted by molar-refractivity contribution is 7.86. The van der Waals surface area contributed by atoms with Gasteiger partial charge in [-0.05, 0) is 12.1 Å². The van der Waals surface area contributed by atoms with Crippen molar-refractivity contribution in [3.05, 3.63) is 30.1 Å². The minimum atomic E-state index is -5.00. The summed E-state index contributed by atoms with van der Waals surface area (Å²) in [5.41, 5.74) is -0.774. The Kier molecular flexibility index (Phi) is 5.01. The summed E-state index contributed by atoms with van der Waals surface area (Å²) < 4.78 is 103. The van der Waals surface area contributed by atoms with Crippen molar-refractivity contribution in [1.82, 2.24) is 15.2 Å². The van der Waals surface area contributed by atoms with Crippen LogP contribution in [0.5, 0.6) is 5.75 Å². The lowest BCUT2D eigenvalue weighted by Gasteiger charge is -2.11. The second-order valence-electron chi connectivity index (χ2n) is 5.55. The number of aromatic hydroxyl groups is 1. The standard InChI is InChI=1S/C13H8F3N5O7S2/c14-13(15,16)11-17-12(21-19-11)20-18-6-4-8(30(26,27)28)5-2-1-3-7(29(23,24)25)9(5)10(6)22/h1-4,22H,(H,17,19,21)(H,23,24,25)(H,26,27,28)/b20-18+. The quantitative estimate of drug-likeness (QED) is 0.329. The number of nitrogens with zero attached hydrogens (tertiary/aromatic N) is 4. The zero-order chi connectivity index (χ0) is 22.5. The number of halogens is 3. The summed E-state index contributed by atoms with van der Waals surface area (Å²) in [5, 5.41) is 20.4. The van der Waals surface area contributed by atoms with Crippen LogP contribution in [0.1, 0.15) is 5.82 Å². The van der Waals surface area contributed by atoms with Gasteiger partial charge in [-0.25, -0.2) is 0 Å². The second-order valence-corrected chi connectivity index (χ2v) is 8.33. The van der Waals surface area contributed by atoms with Gasteiger partial charge in [0.15, 0.2) is 5.75 Å². The molecule has 0 radical (unpaired) electrons. The molecule has 0 saturated carbocycles. The van der Waals surface area contributed by atoms with Gasteiger partial charge < -0.3 is 5.11 Å². The molecule has 160 valence electrons. The van der Waals surface area contributed by atoms with Crippen LogP contribution in [0.3, 0.4) is 0 Å². The van der Waals surface area contributed by atoms with E-state index in [1.807, 2.05) is 0 Å². The van der Waals surface area contributed by atoms with Gasteiger partial charge in [0.1, 0.15) is 15.5 Å². The van der Waals surface area contributed by atoms with E-state index >= 15 is 0 Å². The third-order valence-corrected chi connectivity index (χ3v) is 5.37. The molecule has 3 aromatic rings. The largest absolute Gasteiger partial charge is 0.505 e. The zero-order valence-electron chi connectivity index (χ0n) is 14.0. The van der Waals surface area contributed by atoms with E-state index in [9.17, 15) is 44.2 Å². The molecular weight excluding hydrogens is 459 g/mol. The van der Waals surface area contributed by atoms with E-state index in [4.69, 9.17) is 0 Å². The molecule has 1 heterocycles. The molecule has 4 N–H and O–H groups in total. The number of hydrogen-bond donors (Lipinski definition) is 4. The monoisotopic (exact) mass is 467 g/mol. The first-order valence-corrected chi connectivity index (χ1v) is 10.2. The summed E-state index contributed by atoms with van der Waals surface area (Å²) in [6.45, 7) is 0. The molecule has 0 unspecified atom stereocenters. The summed E-state index contributed by atoms with van der Waals surface area (Å²) in [6, 6.07) is 3.48. The van der Waals surface area contributed by atoms with Crippen LogP contribution in [0, 0.1) is 0 Å². The van der Waals surface area contributed by atoms with E-state index in [1.165, 1.54) is 0 Å². The molecule has 3 rings (SSSR count). The van der Waals surface area contributed by atoms with Crippen molar-refractivity contribution in [2.24, 2.45) is 10.2 Å². The molecule has 0 bridgehead atoms. The second kappa shape index (κ2) is 6.97. The third-order valence-electron chi connectivity index (χ3n) is 3.58. The smallest absolute Gasteiger partial charge is 0.451 e. The molecule has 0 saturated heterocycles. The fourth-order valence-corrected chi connectivity index (χ4v) is 3.83. The summed E-state index contributed by atoms with van der Waals surface area (Å²) in [7, 11) is -9.98. The van der Waals surface area contributed by atoms with Gasteiger partial charge in [0.05, 0.1) is 0 Å². The predicted octanol–water partition coefficient (Wildman–Crippen LogP) is 2.59. The Labute approximate surface area is 164 Å². The number of fused-ring (bicyclic) bond motifs is 1. The van der Waals surface area contributed by atoms with Crippen molar-refractivity contribution in [2.45, 2.75) is 16.0 Å². The Morgan fingerprint density at radius 3 is 2.17 bits per heavy atom. The van der Waals surface area contributed by atoms with Gasteiger partial charge in [0.25, 0.3) is 26.2 Å². The number of aromatic amines is 1. The molecule has 0 aliphatic carbocycles. The number of aromatic nitrogens is 3. The van der Waals surface area contributed by atoms with Crippen LogP contribution in [0.4, 0.5) is 24.8 Å². The minimum Gasteiger partial charge on any atom is -0.505 e. The number of H-pyrrole nitrogens is 1. The van der Waals surface area contributed by atoms with E-state index in [0.29, 0.717) is 6.07 Å². The maximum absolute atomic E-state index is 12.5. The van der Waals surface area contributed by atoms with Crippen LogP contribution in [-0.2, 0) is 26.4 Å². The number of nitrogens with one attached hydrogen (secondary N) is 1. The predicted molar refractivity (Wildman–Crippen MR) is 90.8 cm³/mol. The molecule has 12 nitrogen and oxygen atoms in total. The maximum Gasteiger partial charge on any atom is 0.451 e. The normalized spacial score (nSPS) is 13.4. The number of phenols is 1. The molecule has 1 aromatic heterocycles. The van der Waals surface area contributed by atoms with Gasteiger partial charge >= 0.3 is 6.18 Å². The van der Waals surface area contributed by atoms with Gasteiger partial charge in [-0.1, -0.05) is 12.1 Å². The molecule has 17 heteroatoms. The van der Waals surface area contributed by atoms with Crippen LogP contribution in [0.25, 0.3) is 10.8 Å². The van der Waals surface area contributed by atoms with Crippen molar-refractivity contribution >= 4 is 42.6 Å². The number of benzene rings is 2. The Bertz CT molecular complexity index is 1400. The maximum atomic E-state index is 12.5. The first kappa shape index (κ1) is 21.6. The zero-order valence-corrected chi connectivity index (χ0v) is 15.7. The first-order valence-electron chi connectivity index (χ1n) is 7.34. The van der Waals surface area contributed by atoms with Crippen LogP contribution in [0.15, 0.2) is 44.3 Å². The van der Waals surface area contributed by atoms with Gasteiger partial charge in [0, 0.05) is 10.8 Å². The fraction of sp³-hybridized carbons (Fsp3) is 0.0769. The number of rotatable bonds is 4. The SMILES string of the molecule is O=S(=O)(O)c1cc(/N=N/c2n[nH]c(C(F)(F)F)n2)c(O)c2c(S(=O)(=O)O)cccc12. The average molecular weight is 467 g/mol. The van der Waals surface area contributed by atoms with Crippen LogP contribution in [0.2, 0.25) is 0 Å². The molecule has 0 spiro atoms. The fourth-order valence-electron chi connectivity index (χ4n) is 2.41. The van der Waals surface area contributed by atoms with Crippen molar-refractivity contribution in [1.29, 1.82) is 0 Å². The number of alkyl halides is 3. The summed E-state index contributed by atoms with van der Waals surface area (Å²) >= 11 is 0. The summed E-state index contributed by atoms with van der Waals surface area (Å²) in [5.74, 6) is -3.36. The van der Waals surface area contributed by atoms with E-state index in [1.54, 1.807) is 5.10 Å². The van der Waals surface area contributed by atoms with Gasteiger partial charge in [-0.15, -0.1) is 15.3 Å². The van der Waals surface area contributed by atoms with E-state index in [-0.39, 0.29) is 0 Å². The summed E-state index contributed by atoms with van der Waals surface area (Å²) in [6.07, 6.45) is -4.87. The third kappa shape index (κ3) is 4.08. The van der Waals surface area contributed by atoms with Crippen molar-refractivity contribution in [2.75, 3.05) is 0 Å². The molecule has 0 aliphatic heterocycles. The van der Waals surface area contributed by atoms with Crippen molar-refractivity contribution < 1.29 is 44.2 Å². The highest BCUT2D eigenvalue weighted by Crippen LogP contribution is 2.42. The molecule has 0 amide bonds. The van der Waals surface area contributed by atoms with Crippen LogP contribution in [-0.4, -0.2) is 46.2 Å². The Hall–Kier alpha value is -3.15. The molecule has 30 heavy (non-hydrogen) atoms. The van der Waals surface area contributed by atoms with Crippen LogP contribution < -0.4 is 0 Å². The first-order chi connectivity index (χ1) is 13.7. The van der Waals surface area contributed by atoms with Crippen molar-refractivity contribution in [3.8, 4) is 5.75 Å². The van der Waals surface area contributed by atoms with Gasteiger partial charge in [-0.2, -0.15) is 35.0 Å². The highest BCUT2D eigenvalue weighted by atomic mass is 32.2. The number of hydrogen-bond acceptors (Lipinski definition) is 9.